The summed E-state index contributed by atoms with van der Waals surface area (Å²) in [5.41, 5.74) is 8.55. The average Bonchev–Trinajstić information content (AvgIpc) is 2.89. The maximum atomic E-state index is 6.00. The van der Waals surface area contributed by atoms with E-state index in [0.29, 0.717) is 19.1 Å². The van der Waals surface area contributed by atoms with Crippen molar-refractivity contribution in [3.8, 4) is 22.6 Å². The van der Waals surface area contributed by atoms with E-state index >= 15 is 0 Å². The summed E-state index contributed by atoms with van der Waals surface area (Å²) in [5.74, 6) is 1.83. The number of rotatable bonds is 3. The van der Waals surface area contributed by atoms with Crippen molar-refractivity contribution in [3.63, 3.8) is 0 Å². The first kappa shape index (κ1) is 13.8. The molecule has 112 valence electrons. The van der Waals surface area contributed by atoms with Gasteiger partial charge in [0, 0.05) is 5.41 Å². The standard InChI is InChI=1S/C16H20N2O3/c1-4-16(2,3)14-13(15(17)21-18-14)10-5-6-11-12(9-10)20-8-7-19-11/h5-6,9H,4,7-8,17H2,1-3H3. The summed E-state index contributed by atoms with van der Waals surface area (Å²) in [7, 11) is 0. The maximum Gasteiger partial charge on any atom is 0.230 e. The van der Waals surface area contributed by atoms with Gasteiger partial charge in [-0.1, -0.05) is 32.0 Å². The normalized spacial score (nSPS) is 14.2. The van der Waals surface area contributed by atoms with Crippen LogP contribution < -0.4 is 15.2 Å². The van der Waals surface area contributed by atoms with E-state index in [1.165, 1.54) is 0 Å². The zero-order valence-corrected chi connectivity index (χ0v) is 12.6. The molecule has 0 aliphatic carbocycles. The molecule has 0 fully saturated rings. The number of fused-ring (bicyclic) bond motifs is 1. The summed E-state index contributed by atoms with van der Waals surface area (Å²) in [6, 6.07) is 5.80. The lowest BCUT2D eigenvalue weighted by Gasteiger charge is -2.22. The number of nitrogens with two attached hydrogens (primary N) is 1. The van der Waals surface area contributed by atoms with Crippen LogP contribution in [0.2, 0.25) is 0 Å². The number of benzene rings is 1. The first-order valence-electron chi connectivity index (χ1n) is 7.18. The molecule has 3 rings (SSSR count). The molecule has 2 heterocycles. The molecular weight excluding hydrogens is 268 g/mol. The largest absolute Gasteiger partial charge is 0.486 e. The molecule has 5 heteroatoms. The first-order valence-corrected chi connectivity index (χ1v) is 7.18. The Bertz CT molecular complexity index is 662. The highest BCUT2D eigenvalue weighted by Gasteiger charge is 2.29. The molecule has 2 aromatic rings. The lowest BCUT2D eigenvalue weighted by Crippen LogP contribution is -2.17. The van der Waals surface area contributed by atoms with E-state index in [1.807, 2.05) is 18.2 Å². The van der Waals surface area contributed by atoms with Crippen LogP contribution in [0.15, 0.2) is 22.7 Å². The van der Waals surface area contributed by atoms with E-state index in [0.717, 1.165) is 34.7 Å². The lowest BCUT2D eigenvalue weighted by molar-refractivity contribution is 0.171. The van der Waals surface area contributed by atoms with Crippen molar-refractivity contribution in [2.45, 2.75) is 32.6 Å². The molecule has 0 amide bonds. The highest BCUT2D eigenvalue weighted by Crippen LogP contribution is 2.41. The molecule has 1 aromatic carbocycles. The molecule has 1 aliphatic heterocycles. The summed E-state index contributed by atoms with van der Waals surface area (Å²) in [6.45, 7) is 7.52. The van der Waals surface area contributed by atoms with Gasteiger partial charge >= 0.3 is 0 Å². The Morgan fingerprint density at radius 3 is 2.62 bits per heavy atom. The Kier molecular flexibility index (Phi) is 3.27. The van der Waals surface area contributed by atoms with Crippen molar-refractivity contribution in [3.05, 3.63) is 23.9 Å². The van der Waals surface area contributed by atoms with Gasteiger partial charge in [-0.2, -0.15) is 0 Å². The van der Waals surface area contributed by atoms with Gasteiger partial charge in [0.15, 0.2) is 11.5 Å². The van der Waals surface area contributed by atoms with Gasteiger partial charge in [-0.25, -0.2) is 0 Å². The predicted molar refractivity (Wildman–Crippen MR) is 80.7 cm³/mol. The monoisotopic (exact) mass is 288 g/mol. The number of ether oxygens (including phenoxy) is 2. The van der Waals surface area contributed by atoms with Crippen molar-refractivity contribution in [1.29, 1.82) is 0 Å². The second kappa shape index (κ2) is 4.98. The van der Waals surface area contributed by atoms with Gasteiger partial charge in [0.25, 0.3) is 0 Å². The molecule has 1 aliphatic rings. The molecule has 1 aromatic heterocycles. The number of nitrogen functional groups attached to an aromatic ring is 1. The Morgan fingerprint density at radius 1 is 1.19 bits per heavy atom. The summed E-state index contributed by atoms with van der Waals surface area (Å²) >= 11 is 0. The second-order valence-electron chi connectivity index (χ2n) is 5.87. The van der Waals surface area contributed by atoms with Gasteiger partial charge in [0.1, 0.15) is 13.2 Å². The molecule has 0 saturated heterocycles. The highest BCUT2D eigenvalue weighted by molar-refractivity contribution is 5.77. The predicted octanol–water partition coefficient (Wildman–Crippen LogP) is 3.38. The fourth-order valence-electron chi connectivity index (χ4n) is 2.41. The Balaban J connectivity index is 2.11. The zero-order chi connectivity index (χ0) is 15.0. The van der Waals surface area contributed by atoms with Crippen molar-refractivity contribution >= 4 is 5.88 Å². The van der Waals surface area contributed by atoms with Crippen LogP contribution >= 0.6 is 0 Å². The highest BCUT2D eigenvalue weighted by atomic mass is 16.6. The van der Waals surface area contributed by atoms with Crippen LogP contribution in [0.4, 0.5) is 5.88 Å². The average molecular weight is 288 g/mol. The maximum absolute atomic E-state index is 6.00. The molecule has 0 atom stereocenters. The van der Waals surface area contributed by atoms with Crippen molar-refractivity contribution in [2.75, 3.05) is 18.9 Å². The Labute approximate surface area is 124 Å². The van der Waals surface area contributed by atoms with Gasteiger partial charge < -0.3 is 19.7 Å². The lowest BCUT2D eigenvalue weighted by atomic mass is 9.83. The Morgan fingerprint density at radius 2 is 1.90 bits per heavy atom. The van der Waals surface area contributed by atoms with Crippen LogP contribution in [0.1, 0.15) is 32.9 Å². The fraction of sp³-hybridized carbons (Fsp3) is 0.438. The second-order valence-corrected chi connectivity index (χ2v) is 5.87. The van der Waals surface area contributed by atoms with E-state index in [2.05, 4.69) is 25.9 Å². The van der Waals surface area contributed by atoms with E-state index in [-0.39, 0.29) is 5.41 Å². The van der Waals surface area contributed by atoms with Gasteiger partial charge in [-0.15, -0.1) is 0 Å². The van der Waals surface area contributed by atoms with Crippen LogP contribution in [0.3, 0.4) is 0 Å². The molecule has 21 heavy (non-hydrogen) atoms. The molecule has 0 unspecified atom stereocenters. The first-order chi connectivity index (χ1) is 10.0. The SMILES string of the molecule is CCC(C)(C)c1noc(N)c1-c1ccc2c(c1)OCCO2. The van der Waals surface area contributed by atoms with E-state index in [9.17, 15) is 0 Å². The molecule has 0 radical (unpaired) electrons. The van der Waals surface area contributed by atoms with Gasteiger partial charge in [0.2, 0.25) is 5.88 Å². The smallest absolute Gasteiger partial charge is 0.230 e. The van der Waals surface area contributed by atoms with Crippen LogP contribution in [0, 0.1) is 0 Å². The minimum atomic E-state index is -0.107. The third-order valence-corrected chi connectivity index (χ3v) is 4.07. The topological polar surface area (TPSA) is 70.5 Å². The summed E-state index contributed by atoms with van der Waals surface area (Å²) in [6.07, 6.45) is 0.941. The molecule has 0 spiro atoms. The summed E-state index contributed by atoms with van der Waals surface area (Å²) < 4.78 is 16.4. The summed E-state index contributed by atoms with van der Waals surface area (Å²) in [4.78, 5) is 0. The minimum absolute atomic E-state index is 0.107. The zero-order valence-electron chi connectivity index (χ0n) is 12.6. The number of aromatic nitrogens is 1. The molecule has 0 saturated carbocycles. The summed E-state index contributed by atoms with van der Waals surface area (Å²) in [5, 5.41) is 4.17. The van der Waals surface area contributed by atoms with Crippen LogP contribution in [0.5, 0.6) is 11.5 Å². The molecule has 5 nitrogen and oxygen atoms in total. The number of nitrogens with zero attached hydrogens (tertiary/aromatic N) is 1. The molecular formula is C16H20N2O3. The van der Waals surface area contributed by atoms with Crippen LogP contribution in [-0.2, 0) is 5.41 Å². The van der Waals surface area contributed by atoms with Crippen molar-refractivity contribution < 1.29 is 14.0 Å². The van der Waals surface area contributed by atoms with Crippen LogP contribution in [0.25, 0.3) is 11.1 Å². The van der Waals surface area contributed by atoms with Gasteiger partial charge in [-0.3, -0.25) is 0 Å². The van der Waals surface area contributed by atoms with Crippen molar-refractivity contribution in [1.82, 2.24) is 5.16 Å². The van der Waals surface area contributed by atoms with E-state index in [4.69, 9.17) is 19.7 Å². The number of anilines is 1. The minimum Gasteiger partial charge on any atom is -0.486 e. The van der Waals surface area contributed by atoms with Gasteiger partial charge in [0.05, 0.1) is 11.3 Å². The molecule has 0 bridgehead atoms. The van der Waals surface area contributed by atoms with E-state index < -0.39 is 0 Å². The number of hydrogen-bond donors (Lipinski definition) is 1. The van der Waals surface area contributed by atoms with E-state index in [1.54, 1.807) is 0 Å². The fourth-order valence-corrected chi connectivity index (χ4v) is 2.41. The quantitative estimate of drug-likeness (QED) is 0.937. The number of hydrogen-bond acceptors (Lipinski definition) is 5. The third kappa shape index (κ3) is 2.33. The molecule has 2 N–H and O–H groups in total. The van der Waals surface area contributed by atoms with Gasteiger partial charge in [-0.05, 0) is 24.1 Å². The Hall–Kier alpha value is -2.17. The van der Waals surface area contributed by atoms with Crippen LogP contribution in [-0.4, -0.2) is 18.4 Å². The third-order valence-electron chi connectivity index (χ3n) is 4.07. The van der Waals surface area contributed by atoms with Crippen molar-refractivity contribution in [2.24, 2.45) is 0 Å².